The van der Waals surface area contributed by atoms with Gasteiger partial charge in [-0.15, -0.1) is 0 Å². The van der Waals surface area contributed by atoms with Crippen LogP contribution in [0.15, 0.2) is 52.3 Å². The van der Waals surface area contributed by atoms with Crippen LogP contribution in [0.4, 0.5) is 0 Å². The number of amides is 1. The van der Waals surface area contributed by atoms with Crippen molar-refractivity contribution < 1.29 is 21.6 Å². The lowest BCUT2D eigenvalue weighted by Crippen LogP contribution is -2.43. The second kappa shape index (κ2) is 9.70. The van der Waals surface area contributed by atoms with Crippen LogP contribution >= 0.6 is 0 Å². The maximum absolute atomic E-state index is 12.9. The molecule has 0 spiro atoms. The van der Waals surface area contributed by atoms with Gasteiger partial charge in [0, 0.05) is 25.6 Å². The Kier molecular flexibility index (Phi) is 7.39. The molecule has 0 bridgehead atoms. The molecule has 0 saturated carbocycles. The van der Waals surface area contributed by atoms with Gasteiger partial charge in [0.1, 0.15) is 0 Å². The monoisotopic (exact) mass is 479 g/mol. The highest BCUT2D eigenvalue weighted by molar-refractivity contribution is 7.89. The highest BCUT2D eigenvalue weighted by Crippen LogP contribution is 2.25. The van der Waals surface area contributed by atoms with E-state index in [-0.39, 0.29) is 21.6 Å². The number of nitrogens with one attached hydrogen (secondary N) is 1. The molecule has 0 unspecified atom stereocenters. The van der Waals surface area contributed by atoms with Crippen LogP contribution in [0.25, 0.3) is 0 Å². The summed E-state index contributed by atoms with van der Waals surface area (Å²) in [5.74, 6) is -0.319. The van der Waals surface area contributed by atoms with E-state index in [1.165, 1.54) is 16.4 Å². The standard InChI is InChI=1S/C22H29N3O5S2/c1-16-3-6-21(15-17(16)2)32(29,30)25-13-10-19(11-14-25)22(26)24-12-9-18-4-7-20(8-5-18)31(23,27)28/h3-8,15,19H,9-14H2,1-2H3,(H,24,26)(H2,23,27,28). The number of nitrogens with zero attached hydrogens (tertiary/aromatic N) is 1. The Hall–Kier alpha value is -2.27. The first-order chi connectivity index (χ1) is 15.0. The SMILES string of the molecule is Cc1ccc(S(=O)(=O)N2CCC(C(=O)NCCc3ccc(S(N)(=O)=O)cc3)CC2)cc1C. The summed E-state index contributed by atoms with van der Waals surface area (Å²) in [6.07, 6.45) is 1.49. The number of nitrogens with two attached hydrogens (primary N) is 1. The Bertz CT molecular complexity index is 1180. The van der Waals surface area contributed by atoms with Gasteiger partial charge in [0.15, 0.2) is 0 Å². The van der Waals surface area contributed by atoms with Crippen molar-refractivity contribution in [2.75, 3.05) is 19.6 Å². The molecule has 1 heterocycles. The van der Waals surface area contributed by atoms with Crippen LogP contribution in [0.5, 0.6) is 0 Å². The predicted octanol–water partition coefficient (Wildman–Crippen LogP) is 1.71. The third-order valence-corrected chi connectivity index (χ3v) is 8.73. The van der Waals surface area contributed by atoms with Crippen LogP contribution < -0.4 is 10.5 Å². The van der Waals surface area contributed by atoms with Crippen molar-refractivity contribution >= 4 is 26.0 Å². The molecule has 1 fully saturated rings. The summed E-state index contributed by atoms with van der Waals surface area (Å²) in [5.41, 5.74) is 2.85. The van der Waals surface area contributed by atoms with Crippen molar-refractivity contribution in [2.45, 2.75) is 42.9 Å². The van der Waals surface area contributed by atoms with Crippen LogP contribution in [0, 0.1) is 19.8 Å². The number of hydrogen-bond acceptors (Lipinski definition) is 5. The third kappa shape index (κ3) is 5.74. The second-order valence-corrected chi connectivity index (χ2v) is 11.7. The molecule has 3 rings (SSSR count). The van der Waals surface area contributed by atoms with E-state index in [1.54, 1.807) is 24.3 Å². The molecule has 174 valence electrons. The maximum atomic E-state index is 12.9. The molecule has 1 amide bonds. The molecular weight excluding hydrogens is 450 g/mol. The molecule has 0 aromatic heterocycles. The number of sulfonamides is 2. The third-order valence-electron chi connectivity index (χ3n) is 5.91. The first-order valence-corrected chi connectivity index (χ1v) is 13.4. The van der Waals surface area contributed by atoms with Crippen molar-refractivity contribution in [2.24, 2.45) is 11.1 Å². The van der Waals surface area contributed by atoms with Gasteiger partial charge in [0.05, 0.1) is 9.79 Å². The zero-order chi connectivity index (χ0) is 23.5. The van der Waals surface area contributed by atoms with Gasteiger partial charge < -0.3 is 5.32 Å². The lowest BCUT2D eigenvalue weighted by Gasteiger charge is -2.30. The Morgan fingerprint density at radius 2 is 1.56 bits per heavy atom. The normalized spacial score (nSPS) is 16.1. The lowest BCUT2D eigenvalue weighted by molar-refractivity contribution is -0.126. The number of primary sulfonamides is 1. The van der Waals surface area contributed by atoms with Crippen molar-refractivity contribution in [3.63, 3.8) is 0 Å². The zero-order valence-corrected chi connectivity index (χ0v) is 19.9. The van der Waals surface area contributed by atoms with Gasteiger partial charge in [0.2, 0.25) is 26.0 Å². The Morgan fingerprint density at radius 3 is 2.12 bits per heavy atom. The van der Waals surface area contributed by atoms with E-state index in [1.807, 2.05) is 19.9 Å². The smallest absolute Gasteiger partial charge is 0.243 e. The Morgan fingerprint density at radius 1 is 0.969 bits per heavy atom. The first kappa shape index (κ1) is 24.4. The summed E-state index contributed by atoms with van der Waals surface area (Å²) in [6.45, 7) is 4.86. The van der Waals surface area contributed by atoms with E-state index in [2.05, 4.69) is 5.32 Å². The fourth-order valence-corrected chi connectivity index (χ4v) is 5.77. The number of piperidine rings is 1. The van der Waals surface area contributed by atoms with Gasteiger partial charge in [-0.2, -0.15) is 4.31 Å². The predicted molar refractivity (Wildman–Crippen MR) is 122 cm³/mol. The fourth-order valence-electron chi connectivity index (χ4n) is 3.70. The zero-order valence-electron chi connectivity index (χ0n) is 18.2. The molecule has 1 aliphatic rings. The molecule has 32 heavy (non-hydrogen) atoms. The summed E-state index contributed by atoms with van der Waals surface area (Å²) >= 11 is 0. The fraction of sp³-hybridized carbons (Fsp3) is 0.409. The average molecular weight is 480 g/mol. The molecule has 0 atom stereocenters. The van der Waals surface area contributed by atoms with Crippen molar-refractivity contribution in [3.05, 3.63) is 59.2 Å². The number of carbonyl (C=O) groups is 1. The van der Waals surface area contributed by atoms with Crippen molar-refractivity contribution in [1.82, 2.24) is 9.62 Å². The highest BCUT2D eigenvalue weighted by atomic mass is 32.2. The number of benzene rings is 2. The molecule has 1 aliphatic heterocycles. The highest BCUT2D eigenvalue weighted by Gasteiger charge is 2.32. The number of rotatable bonds is 7. The quantitative estimate of drug-likeness (QED) is 0.625. The molecule has 0 aliphatic carbocycles. The maximum Gasteiger partial charge on any atom is 0.243 e. The first-order valence-electron chi connectivity index (χ1n) is 10.5. The van der Waals surface area contributed by atoms with Crippen LogP contribution in [-0.4, -0.2) is 46.7 Å². The second-order valence-electron chi connectivity index (χ2n) is 8.15. The minimum Gasteiger partial charge on any atom is -0.356 e. The number of carbonyl (C=O) groups excluding carboxylic acids is 1. The summed E-state index contributed by atoms with van der Waals surface area (Å²) < 4.78 is 49.9. The van der Waals surface area contributed by atoms with E-state index < -0.39 is 20.0 Å². The van der Waals surface area contributed by atoms with Crippen LogP contribution in [0.1, 0.15) is 29.5 Å². The summed E-state index contributed by atoms with van der Waals surface area (Å²) in [7, 11) is -7.29. The number of hydrogen-bond donors (Lipinski definition) is 2. The Labute approximate surface area is 189 Å². The van der Waals surface area contributed by atoms with Crippen LogP contribution in [0.3, 0.4) is 0 Å². The molecule has 3 N–H and O–H groups in total. The molecule has 2 aromatic carbocycles. The summed E-state index contributed by atoms with van der Waals surface area (Å²) in [5, 5.41) is 7.98. The van der Waals surface area contributed by atoms with E-state index in [0.29, 0.717) is 38.9 Å². The van der Waals surface area contributed by atoms with Crippen LogP contribution in [-0.2, 0) is 31.3 Å². The van der Waals surface area contributed by atoms with Gasteiger partial charge in [0.25, 0.3) is 0 Å². The topological polar surface area (TPSA) is 127 Å². The summed E-state index contributed by atoms with van der Waals surface area (Å²) in [4.78, 5) is 12.8. The van der Waals surface area contributed by atoms with E-state index in [4.69, 9.17) is 5.14 Å². The van der Waals surface area contributed by atoms with Crippen LogP contribution in [0.2, 0.25) is 0 Å². The average Bonchev–Trinajstić information content (AvgIpc) is 2.75. The van der Waals surface area contributed by atoms with Crippen molar-refractivity contribution in [1.29, 1.82) is 0 Å². The molecular formula is C22H29N3O5S2. The van der Waals surface area contributed by atoms with Gasteiger partial charge in [-0.05, 0) is 74.1 Å². The van der Waals surface area contributed by atoms with Crippen molar-refractivity contribution in [3.8, 4) is 0 Å². The number of aryl methyl sites for hydroxylation is 2. The minimum absolute atomic E-state index is 0.0489. The van der Waals surface area contributed by atoms with Gasteiger partial charge in [-0.1, -0.05) is 18.2 Å². The molecule has 0 radical (unpaired) electrons. The van der Waals surface area contributed by atoms with E-state index in [0.717, 1.165) is 16.7 Å². The largest absolute Gasteiger partial charge is 0.356 e. The van der Waals surface area contributed by atoms with Gasteiger partial charge in [-0.3, -0.25) is 4.79 Å². The molecule has 8 nitrogen and oxygen atoms in total. The lowest BCUT2D eigenvalue weighted by atomic mass is 9.97. The van der Waals surface area contributed by atoms with Gasteiger partial charge >= 0.3 is 0 Å². The molecule has 10 heteroatoms. The molecule has 2 aromatic rings. The van der Waals surface area contributed by atoms with E-state index >= 15 is 0 Å². The van der Waals surface area contributed by atoms with E-state index in [9.17, 15) is 21.6 Å². The molecule has 1 saturated heterocycles. The minimum atomic E-state index is -3.72. The van der Waals surface area contributed by atoms with Gasteiger partial charge in [-0.25, -0.2) is 22.0 Å². The Balaban J connectivity index is 1.49. The summed E-state index contributed by atoms with van der Waals surface area (Å²) in [6, 6.07) is 11.4.